The van der Waals surface area contributed by atoms with Crippen molar-refractivity contribution in [2.75, 3.05) is 7.11 Å². The Morgan fingerprint density at radius 1 is 1.25 bits per heavy atom. The lowest BCUT2D eigenvalue weighted by atomic mass is 9.80. The first kappa shape index (κ1) is 14.7. The molecular weight excluding hydrogens is 276 g/mol. The average molecular weight is 293 g/mol. The quantitative estimate of drug-likeness (QED) is 0.916. The average Bonchev–Trinajstić information content (AvgIpc) is 2.35. The minimum atomic E-state index is -0.830. The third-order valence-corrected chi connectivity index (χ3v) is 3.68. The standard InChI is InChI=1S/C16H17ClO3/c1-16(2,9-15(18)19)13-7-11-6-12(17)5-4-10(11)8-14(13)20-3/h4-8H,9H2,1-3H3,(H,18,19). The van der Waals surface area contributed by atoms with E-state index in [-0.39, 0.29) is 6.42 Å². The number of benzene rings is 2. The molecule has 0 aromatic heterocycles. The van der Waals surface area contributed by atoms with Crippen molar-refractivity contribution in [1.82, 2.24) is 0 Å². The van der Waals surface area contributed by atoms with Crippen LogP contribution in [0.3, 0.4) is 0 Å². The van der Waals surface area contributed by atoms with Crippen LogP contribution in [0.1, 0.15) is 25.8 Å². The van der Waals surface area contributed by atoms with Crippen LogP contribution in [-0.4, -0.2) is 18.2 Å². The molecule has 4 heteroatoms. The van der Waals surface area contributed by atoms with Crippen molar-refractivity contribution in [3.8, 4) is 5.75 Å². The van der Waals surface area contributed by atoms with Crippen molar-refractivity contribution in [2.45, 2.75) is 25.7 Å². The number of carboxylic acid groups (broad SMARTS) is 1. The molecule has 2 aromatic rings. The molecular formula is C16H17ClO3. The monoisotopic (exact) mass is 292 g/mol. The van der Waals surface area contributed by atoms with Gasteiger partial charge in [0.15, 0.2) is 0 Å². The Bertz CT molecular complexity index is 662. The number of methoxy groups -OCH3 is 1. The summed E-state index contributed by atoms with van der Waals surface area (Å²) in [6.45, 7) is 3.80. The third-order valence-electron chi connectivity index (χ3n) is 3.44. The summed E-state index contributed by atoms with van der Waals surface area (Å²) in [6.07, 6.45) is 0.0371. The van der Waals surface area contributed by atoms with Gasteiger partial charge in [-0.3, -0.25) is 4.79 Å². The first-order chi connectivity index (χ1) is 9.33. The van der Waals surface area contributed by atoms with Crippen LogP contribution in [0.4, 0.5) is 0 Å². The second-order valence-electron chi connectivity index (χ2n) is 5.50. The molecule has 0 heterocycles. The van der Waals surface area contributed by atoms with E-state index in [0.717, 1.165) is 16.3 Å². The largest absolute Gasteiger partial charge is 0.496 e. The number of carboxylic acids is 1. The molecule has 1 N–H and O–H groups in total. The molecule has 0 aliphatic rings. The highest BCUT2D eigenvalue weighted by Gasteiger charge is 2.27. The molecule has 0 radical (unpaired) electrons. The molecule has 106 valence electrons. The Balaban J connectivity index is 2.64. The van der Waals surface area contributed by atoms with Crippen LogP contribution in [0, 0.1) is 0 Å². The maximum Gasteiger partial charge on any atom is 0.304 e. The number of carbonyl (C=O) groups is 1. The van der Waals surface area contributed by atoms with E-state index in [0.29, 0.717) is 10.8 Å². The highest BCUT2D eigenvalue weighted by molar-refractivity contribution is 6.31. The van der Waals surface area contributed by atoms with E-state index in [1.807, 2.05) is 44.2 Å². The number of aliphatic carboxylic acids is 1. The molecule has 0 bridgehead atoms. The molecule has 20 heavy (non-hydrogen) atoms. The summed E-state index contributed by atoms with van der Waals surface area (Å²) in [5.41, 5.74) is 0.352. The summed E-state index contributed by atoms with van der Waals surface area (Å²) < 4.78 is 5.43. The molecule has 0 unspecified atom stereocenters. The molecule has 2 rings (SSSR count). The smallest absolute Gasteiger partial charge is 0.304 e. The summed E-state index contributed by atoms with van der Waals surface area (Å²) in [6, 6.07) is 9.50. The van der Waals surface area contributed by atoms with Crippen LogP contribution >= 0.6 is 11.6 Å². The van der Waals surface area contributed by atoms with Crippen molar-refractivity contribution >= 4 is 28.3 Å². The lowest BCUT2D eigenvalue weighted by molar-refractivity contribution is -0.138. The van der Waals surface area contributed by atoms with Crippen molar-refractivity contribution in [1.29, 1.82) is 0 Å². The van der Waals surface area contributed by atoms with Crippen LogP contribution < -0.4 is 4.74 Å². The minimum Gasteiger partial charge on any atom is -0.496 e. The minimum absolute atomic E-state index is 0.0371. The van der Waals surface area contributed by atoms with Crippen LogP contribution in [0.5, 0.6) is 5.75 Å². The fraction of sp³-hybridized carbons (Fsp3) is 0.312. The van der Waals surface area contributed by atoms with Crippen LogP contribution in [0.25, 0.3) is 10.8 Å². The Morgan fingerprint density at radius 2 is 1.95 bits per heavy atom. The predicted octanol–water partition coefficient (Wildman–Crippen LogP) is 4.25. The van der Waals surface area contributed by atoms with Crippen LogP contribution in [-0.2, 0) is 10.2 Å². The number of rotatable bonds is 4. The summed E-state index contributed by atoms with van der Waals surface area (Å²) >= 11 is 6.02. The van der Waals surface area contributed by atoms with E-state index < -0.39 is 11.4 Å². The van der Waals surface area contributed by atoms with E-state index in [4.69, 9.17) is 21.4 Å². The highest BCUT2D eigenvalue weighted by Crippen LogP contribution is 2.37. The van der Waals surface area contributed by atoms with Gasteiger partial charge in [-0.25, -0.2) is 0 Å². The van der Waals surface area contributed by atoms with Gasteiger partial charge in [0.2, 0.25) is 0 Å². The fourth-order valence-electron chi connectivity index (χ4n) is 2.42. The molecule has 0 aliphatic heterocycles. The van der Waals surface area contributed by atoms with Gasteiger partial charge in [0.1, 0.15) is 5.75 Å². The zero-order chi connectivity index (χ0) is 14.9. The molecule has 0 amide bonds. The number of fused-ring (bicyclic) bond motifs is 1. The van der Waals surface area contributed by atoms with Crippen molar-refractivity contribution in [3.63, 3.8) is 0 Å². The molecule has 0 saturated carbocycles. The van der Waals surface area contributed by atoms with Gasteiger partial charge in [-0.2, -0.15) is 0 Å². The third kappa shape index (κ3) is 2.88. The first-order valence-electron chi connectivity index (χ1n) is 6.33. The number of halogens is 1. The van der Waals surface area contributed by atoms with E-state index >= 15 is 0 Å². The van der Waals surface area contributed by atoms with Gasteiger partial charge < -0.3 is 9.84 Å². The number of ether oxygens (including phenoxy) is 1. The molecule has 0 spiro atoms. The Kier molecular flexibility index (Phi) is 3.91. The van der Waals surface area contributed by atoms with Gasteiger partial charge in [-0.1, -0.05) is 31.5 Å². The van der Waals surface area contributed by atoms with Gasteiger partial charge in [0.25, 0.3) is 0 Å². The lowest BCUT2D eigenvalue weighted by Crippen LogP contribution is -2.22. The van der Waals surface area contributed by atoms with Crippen molar-refractivity contribution in [2.24, 2.45) is 0 Å². The van der Waals surface area contributed by atoms with Gasteiger partial charge in [-0.15, -0.1) is 0 Å². The predicted molar refractivity (Wildman–Crippen MR) is 80.8 cm³/mol. The van der Waals surface area contributed by atoms with Crippen molar-refractivity contribution < 1.29 is 14.6 Å². The van der Waals surface area contributed by atoms with Gasteiger partial charge >= 0.3 is 5.97 Å². The van der Waals surface area contributed by atoms with Gasteiger partial charge in [0, 0.05) is 16.0 Å². The molecule has 0 saturated heterocycles. The summed E-state index contributed by atoms with van der Waals surface area (Å²) in [4.78, 5) is 11.0. The first-order valence-corrected chi connectivity index (χ1v) is 6.71. The second-order valence-corrected chi connectivity index (χ2v) is 5.93. The summed E-state index contributed by atoms with van der Waals surface area (Å²) in [5, 5.41) is 11.7. The van der Waals surface area contributed by atoms with Crippen molar-refractivity contribution in [3.05, 3.63) is 40.9 Å². The Hall–Kier alpha value is -1.74. The molecule has 0 atom stereocenters. The number of hydrogen-bond donors (Lipinski definition) is 1. The maximum atomic E-state index is 11.0. The second kappa shape index (κ2) is 5.33. The van der Waals surface area contributed by atoms with Crippen LogP contribution in [0.2, 0.25) is 5.02 Å². The van der Waals surface area contributed by atoms with Gasteiger partial charge in [0.05, 0.1) is 13.5 Å². The summed E-state index contributed by atoms with van der Waals surface area (Å²) in [7, 11) is 1.59. The normalized spacial score (nSPS) is 11.6. The van der Waals surface area contributed by atoms with Crippen LogP contribution in [0.15, 0.2) is 30.3 Å². The van der Waals surface area contributed by atoms with E-state index in [1.54, 1.807) is 7.11 Å². The highest BCUT2D eigenvalue weighted by atomic mass is 35.5. The fourth-order valence-corrected chi connectivity index (χ4v) is 2.60. The summed E-state index contributed by atoms with van der Waals surface area (Å²) in [5.74, 6) is -0.130. The Morgan fingerprint density at radius 3 is 2.55 bits per heavy atom. The number of hydrogen-bond acceptors (Lipinski definition) is 2. The molecule has 2 aromatic carbocycles. The zero-order valence-corrected chi connectivity index (χ0v) is 12.5. The molecule has 0 fully saturated rings. The van der Waals surface area contributed by atoms with E-state index in [1.165, 1.54) is 0 Å². The van der Waals surface area contributed by atoms with Gasteiger partial charge in [-0.05, 0) is 35.0 Å². The lowest BCUT2D eigenvalue weighted by Gasteiger charge is -2.26. The zero-order valence-electron chi connectivity index (χ0n) is 11.7. The Labute approximate surface area is 123 Å². The van der Waals surface area contributed by atoms with E-state index in [9.17, 15) is 4.79 Å². The molecule has 0 aliphatic carbocycles. The maximum absolute atomic E-state index is 11.0. The SMILES string of the molecule is COc1cc2ccc(Cl)cc2cc1C(C)(C)CC(=O)O. The topological polar surface area (TPSA) is 46.5 Å². The molecule has 3 nitrogen and oxygen atoms in total. The van der Waals surface area contributed by atoms with E-state index in [2.05, 4.69) is 0 Å².